The Labute approximate surface area is 104 Å². The fraction of sp³-hybridized carbons (Fsp3) is 0.500. The molecule has 0 amide bonds. The van der Waals surface area contributed by atoms with Gasteiger partial charge in [0.15, 0.2) is 0 Å². The summed E-state index contributed by atoms with van der Waals surface area (Å²) in [7, 11) is -1.90. The molecule has 102 valence electrons. The Kier molecular flexibility index (Phi) is 4.80. The van der Waals surface area contributed by atoms with Gasteiger partial charge in [0, 0.05) is 11.4 Å². The number of hydrogen-bond acceptors (Lipinski definition) is 2. The summed E-state index contributed by atoms with van der Waals surface area (Å²) < 4.78 is 62.9. The minimum absolute atomic E-state index is 0.569. The van der Waals surface area contributed by atoms with E-state index in [0.717, 1.165) is 12.3 Å². The second-order valence-corrected chi connectivity index (χ2v) is 5.30. The Morgan fingerprint density at radius 3 is 2.56 bits per heavy atom. The van der Waals surface area contributed by atoms with E-state index in [-0.39, 0.29) is 0 Å². The zero-order valence-electron chi connectivity index (χ0n) is 9.45. The van der Waals surface area contributed by atoms with Crippen LogP contribution in [0, 0.1) is 5.82 Å². The second kappa shape index (κ2) is 5.75. The molecule has 2 unspecified atom stereocenters. The maximum Gasteiger partial charge on any atom is 0.397 e. The Morgan fingerprint density at radius 2 is 2.11 bits per heavy atom. The number of halogens is 4. The molecule has 0 aliphatic carbocycles. The van der Waals surface area contributed by atoms with Crippen molar-refractivity contribution in [1.29, 1.82) is 0 Å². The van der Waals surface area contributed by atoms with Gasteiger partial charge in [0.25, 0.3) is 0 Å². The summed E-state index contributed by atoms with van der Waals surface area (Å²) in [5.74, 6) is -3.14. The third-order valence-electron chi connectivity index (χ3n) is 2.48. The highest BCUT2D eigenvalue weighted by Gasteiger charge is 2.44. The molecule has 0 spiro atoms. The van der Waals surface area contributed by atoms with Gasteiger partial charge in [-0.2, -0.15) is 13.2 Å². The zero-order valence-corrected chi connectivity index (χ0v) is 10.3. The van der Waals surface area contributed by atoms with E-state index < -0.39 is 46.3 Å². The van der Waals surface area contributed by atoms with Gasteiger partial charge in [0.05, 0.1) is 16.7 Å². The molecular formula is C10H12F4N2OS. The van der Waals surface area contributed by atoms with E-state index in [1.54, 1.807) is 0 Å². The van der Waals surface area contributed by atoms with Crippen molar-refractivity contribution in [3.63, 3.8) is 0 Å². The van der Waals surface area contributed by atoms with Crippen LogP contribution in [-0.2, 0) is 11.0 Å². The number of rotatable bonds is 4. The third-order valence-corrected chi connectivity index (χ3v) is 3.46. The highest BCUT2D eigenvalue weighted by atomic mass is 32.2. The van der Waals surface area contributed by atoms with Crippen molar-refractivity contribution in [2.45, 2.75) is 30.7 Å². The Hall–Kier alpha value is -1.02. The lowest BCUT2D eigenvalue weighted by Crippen LogP contribution is -2.29. The van der Waals surface area contributed by atoms with Crippen molar-refractivity contribution in [2.24, 2.45) is 5.14 Å². The van der Waals surface area contributed by atoms with Gasteiger partial charge in [0.2, 0.25) is 0 Å². The van der Waals surface area contributed by atoms with E-state index in [4.69, 9.17) is 5.14 Å². The van der Waals surface area contributed by atoms with Gasteiger partial charge in [-0.1, -0.05) is 0 Å². The first-order valence-electron chi connectivity index (χ1n) is 5.05. The van der Waals surface area contributed by atoms with E-state index in [1.807, 2.05) is 0 Å². The van der Waals surface area contributed by atoms with Crippen molar-refractivity contribution in [3.8, 4) is 0 Å². The Balaban J connectivity index is 3.08. The molecule has 0 aliphatic heterocycles. The van der Waals surface area contributed by atoms with E-state index in [2.05, 4.69) is 4.98 Å². The first-order valence-corrected chi connectivity index (χ1v) is 6.33. The van der Waals surface area contributed by atoms with E-state index in [0.29, 0.717) is 0 Å². The van der Waals surface area contributed by atoms with Crippen LogP contribution in [0.2, 0.25) is 0 Å². The molecular weight excluding hydrogens is 272 g/mol. The number of nitrogens with zero attached hydrogens (tertiary/aromatic N) is 1. The molecule has 0 aliphatic rings. The summed E-state index contributed by atoms with van der Waals surface area (Å²) in [6.45, 7) is 1.32. The fourth-order valence-corrected chi connectivity index (χ4v) is 1.86. The molecule has 1 rings (SSSR count). The third kappa shape index (κ3) is 3.74. The first-order chi connectivity index (χ1) is 8.23. The average Bonchev–Trinajstić information content (AvgIpc) is 2.25. The molecule has 0 saturated carbocycles. The minimum atomic E-state index is -4.66. The summed E-state index contributed by atoms with van der Waals surface area (Å²) >= 11 is 0. The maximum absolute atomic E-state index is 13.4. The molecule has 1 aromatic heterocycles. The van der Waals surface area contributed by atoms with E-state index >= 15 is 0 Å². The number of alkyl halides is 3. The van der Waals surface area contributed by atoms with Crippen molar-refractivity contribution in [3.05, 3.63) is 29.8 Å². The predicted molar refractivity (Wildman–Crippen MR) is 59.4 cm³/mol. The molecule has 0 aromatic carbocycles. The van der Waals surface area contributed by atoms with Crippen LogP contribution in [0.3, 0.4) is 0 Å². The van der Waals surface area contributed by atoms with Crippen LogP contribution in [0.1, 0.15) is 25.0 Å². The molecule has 3 atom stereocenters. The van der Waals surface area contributed by atoms with Crippen molar-refractivity contribution in [1.82, 2.24) is 4.98 Å². The normalized spacial score (nSPS) is 17.2. The fourth-order valence-electron chi connectivity index (χ4n) is 1.48. The lowest BCUT2D eigenvalue weighted by Gasteiger charge is -2.22. The van der Waals surface area contributed by atoms with Crippen LogP contribution >= 0.6 is 0 Å². The molecule has 2 N–H and O–H groups in total. The largest absolute Gasteiger partial charge is 0.397 e. The lowest BCUT2D eigenvalue weighted by atomic mass is 9.98. The van der Waals surface area contributed by atoms with Gasteiger partial charge in [-0.15, -0.1) is 0 Å². The zero-order chi connectivity index (χ0) is 13.9. The second-order valence-electron chi connectivity index (χ2n) is 3.84. The molecule has 0 fully saturated rings. The molecule has 1 aromatic rings. The van der Waals surface area contributed by atoms with Gasteiger partial charge in [-0.3, -0.25) is 10.1 Å². The molecule has 18 heavy (non-hydrogen) atoms. The summed E-state index contributed by atoms with van der Waals surface area (Å²) in [6.07, 6.45) is -4.15. The molecule has 0 saturated heterocycles. The summed E-state index contributed by atoms with van der Waals surface area (Å²) in [4.78, 5) is 3.42. The Morgan fingerprint density at radius 1 is 1.50 bits per heavy atom. The monoisotopic (exact) mass is 284 g/mol. The lowest BCUT2D eigenvalue weighted by molar-refractivity contribution is -0.153. The first kappa shape index (κ1) is 15.0. The predicted octanol–water partition coefficient (Wildman–Crippen LogP) is 2.27. The SMILES string of the molecule is CC(C[C@H](c1ncccc1F)C(F)(F)F)S(N)=O. The molecule has 0 bridgehead atoms. The number of hydrogen-bond donors (Lipinski definition) is 1. The minimum Gasteiger partial charge on any atom is -0.258 e. The van der Waals surface area contributed by atoms with Crippen molar-refractivity contribution < 1.29 is 21.8 Å². The topological polar surface area (TPSA) is 56.0 Å². The van der Waals surface area contributed by atoms with Gasteiger partial charge in [0.1, 0.15) is 11.7 Å². The number of pyridine rings is 1. The standard InChI is InChI=1S/C10H12F4N2OS/c1-6(18(15)17)5-7(10(12,13)14)9-8(11)3-2-4-16-9/h2-4,6-7H,5,15H2,1H3/t6?,7-,18?/m1/s1. The van der Waals surface area contributed by atoms with Crippen LogP contribution in [0.15, 0.2) is 18.3 Å². The van der Waals surface area contributed by atoms with Gasteiger partial charge >= 0.3 is 6.18 Å². The van der Waals surface area contributed by atoms with Crippen molar-refractivity contribution in [2.75, 3.05) is 0 Å². The maximum atomic E-state index is 13.4. The quantitative estimate of drug-likeness (QED) is 0.862. The van der Waals surface area contributed by atoms with Crippen molar-refractivity contribution >= 4 is 11.0 Å². The average molecular weight is 284 g/mol. The van der Waals surface area contributed by atoms with E-state index in [9.17, 15) is 21.8 Å². The highest BCUT2D eigenvalue weighted by Crippen LogP contribution is 2.38. The van der Waals surface area contributed by atoms with Gasteiger partial charge in [-0.25, -0.2) is 8.60 Å². The number of aromatic nitrogens is 1. The van der Waals surface area contributed by atoms with Crippen LogP contribution in [0.5, 0.6) is 0 Å². The van der Waals surface area contributed by atoms with Crippen LogP contribution in [0.25, 0.3) is 0 Å². The molecule has 3 nitrogen and oxygen atoms in total. The molecule has 8 heteroatoms. The summed E-state index contributed by atoms with van der Waals surface area (Å²) in [5.41, 5.74) is -0.692. The smallest absolute Gasteiger partial charge is 0.258 e. The van der Waals surface area contributed by atoms with Crippen LogP contribution < -0.4 is 5.14 Å². The summed E-state index contributed by atoms with van der Waals surface area (Å²) in [6, 6.07) is 2.11. The highest BCUT2D eigenvalue weighted by molar-refractivity contribution is 7.83. The van der Waals surface area contributed by atoms with Crippen LogP contribution in [0.4, 0.5) is 17.6 Å². The van der Waals surface area contributed by atoms with Gasteiger partial charge in [-0.05, 0) is 25.5 Å². The van der Waals surface area contributed by atoms with Gasteiger partial charge < -0.3 is 0 Å². The molecule has 1 heterocycles. The number of nitrogens with two attached hydrogens (primary N) is 1. The van der Waals surface area contributed by atoms with E-state index in [1.165, 1.54) is 13.0 Å². The Bertz CT molecular complexity index is 438. The van der Waals surface area contributed by atoms with Crippen LogP contribution in [-0.4, -0.2) is 20.6 Å². The summed E-state index contributed by atoms with van der Waals surface area (Å²) in [5, 5.41) is 4.13. The molecule has 0 radical (unpaired) electrons.